The van der Waals surface area contributed by atoms with Crippen LogP contribution in [0.15, 0.2) is 11.8 Å². The topological polar surface area (TPSA) is 257 Å². The van der Waals surface area contributed by atoms with Gasteiger partial charge in [-0.15, -0.1) is 0 Å². The van der Waals surface area contributed by atoms with Gasteiger partial charge in [-0.05, 0) is 38.8 Å². The summed E-state index contributed by atoms with van der Waals surface area (Å²) in [6.45, 7) is 1.32. The third-order valence-electron chi connectivity index (χ3n) is 8.04. The van der Waals surface area contributed by atoms with Crippen LogP contribution in [-0.2, 0) is 23.7 Å². The highest BCUT2D eigenvalue weighted by Crippen LogP contribution is 2.36. The molecule has 13 N–H and O–H groups in total. The quantitative estimate of drug-likeness (QED) is 0.0835. The number of likely N-dealkylation sites (N-methyl/N-ethyl adjacent to an activating group) is 1. The van der Waals surface area contributed by atoms with E-state index in [-0.39, 0.29) is 19.6 Å². The Morgan fingerprint density at radius 1 is 1.21 bits per heavy atom. The average molecular weight is 610 g/mol. The van der Waals surface area contributed by atoms with Crippen LogP contribution in [0.1, 0.15) is 26.2 Å². The smallest absolute Gasteiger partial charge is 0.215 e. The molecule has 42 heavy (non-hydrogen) atoms. The molecule has 13 atom stereocenters. The average Bonchev–Trinajstić information content (AvgIpc) is 2.94. The molecule has 1 aliphatic carbocycles. The predicted octanol–water partition coefficient (Wildman–Crippen LogP) is -4.32. The standard InChI is InChI=1S/C26H48FN5O10/c1-26(38)11-39-25(20(37)23(26)31-2)41-21-12(8-17(34)18(35)14(27)9-28)7-16(30)22(19(21)36)42-24-15(29)4-3-13(40-24)10-32-5-6-33/h3,12,14-16,18-25,31-33,35-38H,4-11,28-30H2,1-2H3/t12-,14?,15+,16-,18?,19+,20+,21-,22?,23+,24+,25+,26-/m0/s1. The minimum Gasteiger partial charge on any atom is -0.467 e. The van der Waals surface area contributed by atoms with Crippen molar-refractivity contribution in [2.45, 2.75) is 99.2 Å². The molecular formula is C26H48FN5O10. The maximum atomic E-state index is 14.0. The van der Waals surface area contributed by atoms with E-state index in [9.17, 15) is 29.6 Å². The SMILES string of the molecule is CN[C@@H]1[C@@H](O)[C@@H](O[C@H]2[C@H](CC(=O)C(O)C(F)CN)C[C@H](N)C(O[C@H]3OC(CNCCO)=CC[C@H]3N)[C@@H]2O)OC[C@]1(C)O. The summed E-state index contributed by atoms with van der Waals surface area (Å²) in [4.78, 5) is 12.8. The first-order valence-corrected chi connectivity index (χ1v) is 14.3. The molecule has 16 heteroatoms. The Morgan fingerprint density at radius 2 is 1.90 bits per heavy atom. The fraction of sp³-hybridized carbons (Fsp3) is 0.885. The second kappa shape index (κ2) is 15.6. The zero-order chi connectivity index (χ0) is 31.2. The molecule has 0 aromatic carbocycles. The lowest BCUT2D eigenvalue weighted by Crippen LogP contribution is -2.67. The van der Waals surface area contributed by atoms with Gasteiger partial charge >= 0.3 is 0 Å². The first kappa shape index (κ1) is 35.1. The third kappa shape index (κ3) is 8.41. The number of aliphatic hydroxyl groups is 5. The Balaban J connectivity index is 1.80. The van der Waals surface area contributed by atoms with Crippen LogP contribution in [0.3, 0.4) is 0 Å². The predicted molar refractivity (Wildman–Crippen MR) is 146 cm³/mol. The normalized spacial score (nSPS) is 40.6. The molecular weight excluding hydrogens is 561 g/mol. The zero-order valence-corrected chi connectivity index (χ0v) is 24.0. The highest BCUT2D eigenvalue weighted by atomic mass is 19.1. The molecule has 0 bridgehead atoms. The molecule has 0 aromatic heterocycles. The molecule has 0 spiro atoms. The van der Waals surface area contributed by atoms with Gasteiger partial charge in [0.05, 0.1) is 37.9 Å². The van der Waals surface area contributed by atoms with Gasteiger partial charge in [0.25, 0.3) is 0 Å². The van der Waals surface area contributed by atoms with Crippen LogP contribution in [0.5, 0.6) is 0 Å². The van der Waals surface area contributed by atoms with E-state index in [2.05, 4.69) is 10.6 Å². The summed E-state index contributed by atoms with van der Waals surface area (Å²) in [5.41, 5.74) is 16.5. The summed E-state index contributed by atoms with van der Waals surface area (Å²) >= 11 is 0. The van der Waals surface area contributed by atoms with Crippen LogP contribution in [-0.4, -0.2) is 144 Å². The van der Waals surface area contributed by atoms with Crippen LogP contribution in [0, 0.1) is 5.92 Å². The lowest BCUT2D eigenvalue weighted by molar-refractivity contribution is -0.308. The van der Waals surface area contributed by atoms with E-state index < -0.39 is 97.7 Å². The van der Waals surface area contributed by atoms with Gasteiger partial charge in [0, 0.05) is 25.6 Å². The number of carbonyl (C=O) groups excluding carboxylic acids is 1. The minimum atomic E-state index is -1.98. The molecule has 2 fully saturated rings. The Kier molecular flexibility index (Phi) is 13.0. The maximum Gasteiger partial charge on any atom is 0.215 e. The minimum absolute atomic E-state index is 0.0448. The van der Waals surface area contributed by atoms with Gasteiger partial charge in [-0.2, -0.15) is 0 Å². The first-order chi connectivity index (χ1) is 19.8. The lowest BCUT2D eigenvalue weighted by Gasteiger charge is -2.48. The molecule has 1 saturated carbocycles. The van der Waals surface area contributed by atoms with E-state index in [1.807, 2.05) is 0 Å². The lowest BCUT2D eigenvalue weighted by atomic mass is 9.76. The molecule has 244 valence electrons. The van der Waals surface area contributed by atoms with Crippen molar-refractivity contribution < 1.29 is 53.7 Å². The van der Waals surface area contributed by atoms with Gasteiger partial charge in [-0.1, -0.05) is 0 Å². The third-order valence-corrected chi connectivity index (χ3v) is 8.04. The highest BCUT2D eigenvalue weighted by Gasteiger charge is 2.52. The van der Waals surface area contributed by atoms with Gasteiger partial charge in [0.1, 0.15) is 41.9 Å². The fourth-order valence-electron chi connectivity index (χ4n) is 5.69. The summed E-state index contributed by atoms with van der Waals surface area (Å²) < 4.78 is 37.6. The summed E-state index contributed by atoms with van der Waals surface area (Å²) in [5, 5.41) is 58.0. The second-order valence-corrected chi connectivity index (χ2v) is 11.5. The van der Waals surface area contributed by atoms with Crippen LogP contribution in [0.4, 0.5) is 4.39 Å². The molecule has 1 saturated heterocycles. The highest BCUT2D eigenvalue weighted by molar-refractivity contribution is 5.83. The van der Waals surface area contributed by atoms with Crippen LogP contribution in [0.2, 0.25) is 0 Å². The summed E-state index contributed by atoms with van der Waals surface area (Å²) in [7, 11) is 1.55. The van der Waals surface area contributed by atoms with E-state index in [0.717, 1.165) is 0 Å². The van der Waals surface area contributed by atoms with E-state index >= 15 is 0 Å². The zero-order valence-electron chi connectivity index (χ0n) is 24.0. The second-order valence-electron chi connectivity index (χ2n) is 11.5. The Hall–Kier alpha value is -1.38. The van der Waals surface area contributed by atoms with Crippen molar-refractivity contribution in [1.29, 1.82) is 0 Å². The molecule has 0 amide bonds. The Labute approximate surface area is 244 Å². The van der Waals surface area contributed by atoms with Crippen molar-refractivity contribution in [2.24, 2.45) is 23.1 Å². The number of ketones is 1. The molecule has 2 aliphatic heterocycles. The van der Waals surface area contributed by atoms with Crippen LogP contribution >= 0.6 is 0 Å². The van der Waals surface area contributed by atoms with Gasteiger partial charge in [-0.3, -0.25) is 4.79 Å². The number of aliphatic hydroxyl groups excluding tert-OH is 4. The number of halogens is 1. The van der Waals surface area contributed by atoms with E-state index in [4.69, 9.17) is 41.3 Å². The number of alkyl halides is 1. The molecule has 3 aliphatic rings. The summed E-state index contributed by atoms with van der Waals surface area (Å²) in [5.74, 6) is -1.16. The maximum absolute atomic E-state index is 14.0. The van der Waals surface area contributed by atoms with Crippen molar-refractivity contribution in [3.05, 3.63) is 11.8 Å². The number of rotatable bonds is 14. The van der Waals surface area contributed by atoms with Crippen LogP contribution in [0.25, 0.3) is 0 Å². The van der Waals surface area contributed by atoms with Crippen molar-refractivity contribution >= 4 is 5.78 Å². The Morgan fingerprint density at radius 3 is 2.55 bits per heavy atom. The largest absolute Gasteiger partial charge is 0.467 e. The van der Waals surface area contributed by atoms with E-state index in [1.165, 1.54) is 6.92 Å². The van der Waals surface area contributed by atoms with Gasteiger partial charge in [-0.25, -0.2) is 4.39 Å². The number of hydrogen-bond donors (Lipinski definition) is 10. The molecule has 3 unspecified atom stereocenters. The number of Topliss-reactive ketones (excluding diaryl/α,β-unsaturated/α-hetero) is 1. The van der Waals surface area contributed by atoms with E-state index in [0.29, 0.717) is 25.3 Å². The Bertz CT molecular complexity index is 904. The van der Waals surface area contributed by atoms with Crippen molar-refractivity contribution in [2.75, 3.05) is 39.9 Å². The number of carbonyl (C=O) groups is 1. The van der Waals surface area contributed by atoms with Gasteiger partial charge < -0.3 is 72.3 Å². The molecule has 3 rings (SSSR count). The monoisotopic (exact) mass is 609 g/mol. The molecule has 0 radical (unpaired) electrons. The fourth-order valence-corrected chi connectivity index (χ4v) is 5.69. The first-order valence-electron chi connectivity index (χ1n) is 14.3. The van der Waals surface area contributed by atoms with Gasteiger partial charge in [0.15, 0.2) is 12.1 Å². The number of nitrogens with one attached hydrogen (secondary N) is 2. The van der Waals surface area contributed by atoms with E-state index in [1.54, 1.807) is 13.1 Å². The number of nitrogens with two attached hydrogens (primary N) is 3. The molecule has 15 nitrogen and oxygen atoms in total. The van der Waals surface area contributed by atoms with Crippen molar-refractivity contribution in [1.82, 2.24) is 10.6 Å². The van der Waals surface area contributed by atoms with Crippen LogP contribution < -0.4 is 27.8 Å². The number of ether oxygens (including phenoxy) is 4. The number of hydrogen-bond acceptors (Lipinski definition) is 15. The van der Waals surface area contributed by atoms with Crippen molar-refractivity contribution in [3.63, 3.8) is 0 Å². The summed E-state index contributed by atoms with van der Waals surface area (Å²) in [6.07, 6.45) is -9.67. The molecule has 0 aromatic rings. The molecule has 2 heterocycles. The van der Waals surface area contributed by atoms with Gasteiger partial charge in [0.2, 0.25) is 6.29 Å². The summed E-state index contributed by atoms with van der Waals surface area (Å²) in [6, 6.07) is -2.31. The van der Waals surface area contributed by atoms with Crippen molar-refractivity contribution in [3.8, 4) is 0 Å².